The van der Waals surface area contributed by atoms with Crippen molar-refractivity contribution in [3.8, 4) is 0 Å². The van der Waals surface area contributed by atoms with Gasteiger partial charge in [-0.1, -0.05) is 31.9 Å². The number of carbonyl (C=O) groups is 2. The van der Waals surface area contributed by atoms with E-state index in [9.17, 15) is 18.0 Å². The highest BCUT2D eigenvalue weighted by Crippen LogP contribution is 2.20. The van der Waals surface area contributed by atoms with Crippen LogP contribution in [0.5, 0.6) is 0 Å². The van der Waals surface area contributed by atoms with Crippen molar-refractivity contribution >= 4 is 21.8 Å². The molecule has 2 saturated heterocycles. The molecule has 0 aliphatic carbocycles. The number of aryl methyl sites for hydroxylation is 1. The lowest BCUT2D eigenvalue weighted by molar-refractivity contribution is -0.135. The molecule has 1 N–H and O–H groups in total. The molecular weight excluding hydrogens is 442 g/mol. The van der Waals surface area contributed by atoms with Gasteiger partial charge in [0.2, 0.25) is 21.8 Å². The molecule has 1 aromatic rings. The van der Waals surface area contributed by atoms with E-state index < -0.39 is 10.0 Å². The summed E-state index contributed by atoms with van der Waals surface area (Å²) < 4.78 is 32.1. The second-order valence-corrected chi connectivity index (χ2v) is 10.8. The standard InChI is InChI=1S/C24H37N3O5S/c1-2-3-4-13-25-24(29)21-11-14-26(15-12-21)23(28)10-7-20-5-8-22(9-6-20)33(30,31)27-16-18-32-19-17-27/h5-6,8-9,21H,2-4,7,10-19H2,1H3,(H,25,29). The largest absolute Gasteiger partial charge is 0.379 e. The van der Waals surface area contributed by atoms with Gasteiger partial charge in [0.25, 0.3) is 0 Å². The molecule has 0 radical (unpaired) electrons. The minimum atomic E-state index is -3.50. The number of ether oxygens (including phenoxy) is 1. The molecule has 33 heavy (non-hydrogen) atoms. The van der Waals surface area contributed by atoms with Crippen molar-refractivity contribution in [1.82, 2.24) is 14.5 Å². The number of morpholine rings is 1. The fourth-order valence-corrected chi connectivity index (χ4v) is 5.70. The zero-order valence-corrected chi connectivity index (χ0v) is 20.4. The Morgan fingerprint density at radius 1 is 1.03 bits per heavy atom. The van der Waals surface area contributed by atoms with Crippen LogP contribution in [-0.2, 0) is 30.8 Å². The highest BCUT2D eigenvalue weighted by molar-refractivity contribution is 7.89. The quantitative estimate of drug-likeness (QED) is 0.519. The zero-order valence-electron chi connectivity index (χ0n) is 19.6. The van der Waals surface area contributed by atoms with Gasteiger partial charge in [-0.15, -0.1) is 0 Å². The van der Waals surface area contributed by atoms with Crippen LogP contribution in [0.4, 0.5) is 0 Å². The Kier molecular flexibility index (Phi) is 9.70. The van der Waals surface area contributed by atoms with E-state index in [0.29, 0.717) is 65.1 Å². The van der Waals surface area contributed by atoms with E-state index in [1.807, 2.05) is 4.90 Å². The number of carbonyl (C=O) groups excluding carboxylic acids is 2. The third kappa shape index (κ3) is 7.25. The molecule has 9 heteroatoms. The summed E-state index contributed by atoms with van der Waals surface area (Å²) in [6.07, 6.45) is 5.63. The Labute approximate surface area is 197 Å². The zero-order chi connectivity index (χ0) is 23.7. The van der Waals surface area contributed by atoms with Crippen LogP contribution in [0, 0.1) is 5.92 Å². The molecule has 0 aromatic heterocycles. The predicted octanol–water partition coefficient (Wildman–Crippen LogP) is 2.19. The number of piperidine rings is 1. The highest BCUT2D eigenvalue weighted by atomic mass is 32.2. The van der Waals surface area contributed by atoms with Crippen LogP contribution in [0.15, 0.2) is 29.2 Å². The van der Waals surface area contributed by atoms with Crippen molar-refractivity contribution < 1.29 is 22.7 Å². The summed E-state index contributed by atoms with van der Waals surface area (Å²) in [5, 5.41) is 3.02. The van der Waals surface area contributed by atoms with Crippen LogP contribution in [-0.4, -0.2) is 75.4 Å². The summed E-state index contributed by atoms with van der Waals surface area (Å²) in [5.41, 5.74) is 0.936. The second kappa shape index (κ2) is 12.5. The van der Waals surface area contributed by atoms with Crippen molar-refractivity contribution in [3.05, 3.63) is 29.8 Å². The molecule has 8 nitrogen and oxygen atoms in total. The first kappa shape index (κ1) is 25.6. The van der Waals surface area contributed by atoms with Crippen molar-refractivity contribution in [2.75, 3.05) is 45.9 Å². The van der Waals surface area contributed by atoms with Crippen molar-refractivity contribution in [2.45, 2.75) is 56.8 Å². The minimum absolute atomic E-state index is 0.00311. The van der Waals surface area contributed by atoms with E-state index >= 15 is 0 Å². The first-order valence-electron chi connectivity index (χ1n) is 12.1. The Hall–Kier alpha value is -1.97. The lowest BCUT2D eigenvalue weighted by Gasteiger charge is -2.31. The summed E-state index contributed by atoms with van der Waals surface area (Å²) in [4.78, 5) is 27.0. The molecular formula is C24H37N3O5S. The number of benzene rings is 1. The van der Waals surface area contributed by atoms with Crippen molar-refractivity contribution in [1.29, 1.82) is 0 Å². The number of amides is 2. The fourth-order valence-electron chi connectivity index (χ4n) is 4.30. The average molecular weight is 480 g/mol. The van der Waals surface area contributed by atoms with Gasteiger partial charge < -0.3 is 15.0 Å². The molecule has 2 aliphatic rings. The van der Waals surface area contributed by atoms with Crippen molar-refractivity contribution in [3.63, 3.8) is 0 Å². The smallest absolute Gasteiger partial charge is 0.243 e. The lowest BCUT2D eigenvalue weighted by Crippen LogP contribution is -2.43. The highest BCUT2D eigenvalue weighted by Gasteiger charge is 2.28. The minimum Gasteiger partial charge on any atom is -0.379 e. The number of hydrogen-bond acceptors (Lipinski definition) is 5. The SMILES string of the molecule is CCCCCNC(=O)C1CCN(C(=O)CCc2ccc(S(=O)(=O)N3CCOCC3)cc2)CC1. The van der Waals surface area contributed by atoms with Gasteiger partial charge in [0.1, 0.15) is 0 Å². The molecule has 0 spiro atoms. The van der Waals surface area contributed by atoms with Crippen LogP contribution < -0.4 is 5.32 Å². The Morgan fingerprint density at radius 2 is 1.70 bits per heavy atom. The van der Waals surface area contributed by atoms with E-state index in [2.05, 4.69) is 12.2 Å². The van der Waals surface area contributed by atoms with Crippen molar-refractivity contribution in [2.24, 2.45) is 5.92 Å². The van der Waals surface area contributed by atoms with E-state index in [1.165, 1.54) is 4.31 Å². The number of sulfonamides is 1. The van der Waals surface area contributed by atoms with Crippen LogP contribution in [0.25, 0.3) is 0 Å². The topological polar surface area (TPSA) is 96.0 Å². The molecule has 0 atom stereocenters. The molecule has 184 valence electrons. The maximum atomic E-state index is 12.7. The van der Waals surface area contributed by atoms with Gasteiger partial charge in [-0.25, -0.2) is 8.42 Å². The summed E-state index contributed by atoms with van der Waals surface area (Å²) in [5.74, 6) is 0.198. The monoisotopic (exact) mass is 479 g/mol. The van der Waals surface area contributed by atoms with Gasteiger partial charge >= 0.3 is 0 Å². The third-order valence-corrected chi connectivity index (χ3v) is 8.37. The maximum Gasteiger partial charge on any atom is 0.243 e. The summed E-state index contributed by atoms with van der Waals surface area (Å²) in [6.45, 7) is 5.68. The number of unbranched alkanes of at least 4 members (excludes halogenated alkanes) is 2. The van der Waals surface area contributed by atoms with Gasteiger partial charge in [0.05, 0.1) is 18.1 Å². The molecule has 0 saturated carbocycles. The lowest BCUT2D eigenvalue weighted by atomic mass is 9.95. The molecule has 1 aromatic carbocycles. The van der Waals surface area contributed by atoms with Gasteiger partial charge in [-0.05, 0) is 43.4 Å². The normalized spacial score (nSPS) is 18.3. The van der Waals surface area contributed by atoms with Gasteiger partial charge in [-0.3, -0.25) is 9.59 Å². The first-order chi connectivity index (χ1) is 15.9. The van der Waals surface area contributed by atoms with Crippen LogP contribution in [0.2, 0.25) is 0 Å². The number of nitrogens with one attached hydrogen (secondary N) is 1. The fraction of sp³-hybridized carbons (Fsp3) is 0.667. The molecule has 2 fully saturated rings. The van der Waals surface area contributed by atoms with Gasteiger partial charge in [0, 0.05) is 45.1 Å². The number of nitrogens with zero attached hydrogens (tertiary/aromatic N) is 2. The van der Waals surface area contributed by atoms with Gasteiger partial charge in [0.15, 0.2) is 0 Å². The number of hydrogen-bond donors (Lipinski definition) is 1. The summed E-state index contributed by atoms with van der Waals surface area (Å²) >= 11 is 0. The molecule has 2 amide bonds. The van der Waals surface area contributed by atoms with E-state index in [1.54, 1.807) is 24.3 Å². The molecule has 2 aliphatic heterocycles. The van der Waals surface area contributed by atoms with Crippen LogP contribution in [0.3, 0.4) is 0 Å². The first-order valence-corrected chi connectivity index (χ1v) is 13.6. The predicted molar refractivity (Wildman–Crippen MR) is 126 cm³/mol. The van der Waals surface area contributed by atoms with E-state index in [0.717, 1.165) is 31.4 Å². The maximum absolute atomic E-state index is 12.7. The molecule has 0 bridgehead atoms. The van der Waals surface area contributed by atoms with E-state index in [4.69, 9.17) is 4.74 Å². The Balaban J connectivity index is 1.41. The average Bonchev–Trinajstić information content (AvgIpc) is 2.86. The number of likely N-dealkylation sites (tertiary alicyclic amines) is 1. The molecule has 3 rings (SSSR count). The Bertz CT molecular complexity index is 874. The second-order valence-electron chi connectivity index (χ2n) is 8.81. The Morgan fingerprint density at radius 3 is 2.33 bits per heavy atom. The summed E-state index contributed by atoms with van der Waals surface area (Å²) in [7, 11) is -3.50. The summed E-state index contributed by atoms with van der Waals surface area (Å²) in [6, 6.07) is 6.82. The van der Waals surface area contributed by atoms with E-state index in [-0.39, 0.29) is 22.6 Å². The molecule has 2 heterocycles. The van der Waals surface area contributed by atoms with Gasteiger partial charge in [-0.2, -0.15) is 4.31 Å². The van der Waals surface area contributed by atoms with Crippen LogP contribution in [0.1, 0.15) is 51.0 Å². The third-order valence-electron chi connectivity index (χ3n) is 6.46. The number of rotatable bonds is 10. The van der Waals surface area contributed by atoms with Crippen LogP contribution >= 0.6 is 0 Å². The molecule has 0 unspecified atom stereocenters.